The maximum Gasteiger partial charge on any atom is 0.407 e. The van der Waals surface area contributed by atoms with Crippen molar-refractivity contribution in [3.8, 4) is 0 Å². The monoisotopic (exact) mass is 541 g/mol. The molecule has 0 spiro atoms. The second kappa shape index (κ2) is 12.0. The largest absolute Gasteiger partial charge is 0.453 e. The molecule has 2 heterocycles. The van der Waals surface area contributed by atoms with Gasteiger partial charge in [0.2, 0.25) is 23.5 Å². The Hall–Kier alpha value is -3.76. The van der Waals surface area contributed by atoms with Gasteiger partial charge in [0.15, 0.2) is 0 Å². The topological polar surface area (TPSA) is 144 Å². The number of methoxy groups -OCH3 is 1. The van der Waals surface area contributed by atoms with Crippen molar-refractivity contribution in [2.24, 2.45) is 11.3 Å². The lowest BCUT2D eigenvalue weighted by Crippen LogP contribution is -2.55. The minimum atomic E-state index is -1.04. The highest BCUT2D eigenvalue weighted by atomic mass is 16.5. The van der Waals surface area contributed by atoms with Crippen molar-refractivity contribution < 1.29 is 28.3 Å². The number of nitrogens with zero attached hydrogens (tertiary/aromatic N) is 3. The second-order valence-corrected chi connectivity index (χ2v) is 11.4. The lowest BCUT2D eigenvalue weighted by Gasteiger charge is -2.31. The van der Waals surface area contributed by atoms with E-state index in [0.717, 1.165) is 5.56 Å². The van der Waals surface area contributed by atoms with Crippen molar-refractivity contribution >= 4 is 23.7 Å². The summed E-state index contributed by atoms with van der Waals surface area (Å²) in [5, 5.41) is 13.5. The third-order valence-corrected chi connectivity index (χ3v) is 7.20. The van der Waals surface area contributed by atoms with E-state index in [1.807, 2.05) is 58.0 Å². The van der Waals surface area contributed by atoms with Gasteiger partial charge in [0, 0.05) is 13.1 Å². The van der Waals surface area contributed by atoms with Gasteiger partial charge in [0.25, 0.3) is 5.89 Å². The van der Waals surface area contributed by atoms with E-state index in [2.05, 4.69) is 25.6 Å². The Morgan fingerprint density at radius 1 is 1.10 bits per heavy atom. The van der Waals surface area contributed by atoms with Crippen LogP contribution in [0, 0.1) is 11.3 Å². The molecule has 0 radical (unpaired) electrons. The van der Waals surface area contributed by atoms with Gasteiger partial charge in [-0.1, -0.05) is 58.0 Å². The molecule has 0 bridgehead atoms. The first-order valence-corrected chi connectivity index (χ1v) is 13.2. The quantitative estimate of drug-likeness (QED) is 0.437. The van der Waals surface area contributed by atoms with Crippen LogP contribution in [0.3, 0.4) is 0 Å². The van der Waals surface area contributed by atoms with Crippen molar-refractivity contribution in [3.63, 3.8) is 0 Å². The molecule has 0 saturated carbocycles. The smallest absolute Gasteiger partial charge is 0.407 e. The first kappa shape index (κ1) is 29.8. The minimum Gasteiger partial charge on any atom is -0.453 e. The molecular formula is C28H39N5O6. The SMILES string of the molecule is COC(=O)N[C@H](C(=O)N1CCC[C@H]1C(=O)NCC(C)(C)C(=O)c1nnc(C(C)(C)c2ccccc2)o1)C(C)C. The van der Waals surface area contributed by atoms with Crippen LogP contribution in [-0.4, -0.2) is 71.1 Å². The standard InChI is InChI=1S/C28H39N5O6/c1-17(2)20(30-26(37)38-7)24(36)33-15-11-14-19(33)22(35)29-16-27(3,4)21(34)23-31-32-25(39-23)28(5,6)18-12-9-8-10-13-18/h8-10,12-13,17,19-20H,11,14-16H2,1-7H3,(H,29,35)(H,30,37)/t19-,20-/m0/s1. The maximum atomic E-state index is 13.3. The van der Waals surface area contributed by atoms with E-state index in [1.165, 1.54) is 12.0 Å². The van der Waals surface area contributed by atoms with Crippen LogP contribution < -0.4 is 10.6 Å². The Labute approximate surface area is 229 Å². The molecule has 1 aliphatic heterocycles. The molecule has 2 atom stereocenters. The van der Waals surface area contributed by atoms with E-state index in [1.54, 1.807) is 13.8 Å². The molecular weight excluding hydrogens is 502 g/mol. The van der Waals surface area contributed by atoms with Crippen molar-refractivity contribution in [2.45, 2.75) is 71.9 Å². The van der Waals surface area contributed by atoms with Crippen LogP contribution in [-0.2, 0) is 19.7 Å². The highest BCUT2D eigenvalue weighted by molar-refractivity contribution is 5.97. The first-order chi connectivity index (χ1) is 18.3. The molecule has 2 N–H and O–H groups in total. The molecule has 0 unspecified atom stereocenters. The number of Topliss-reactive ketones (excluding diaryl/α,β-unsaturated/α-hetero) is 1. The summed E-state index contributed by atoms with van der Waals surface area (Å²) >= 11 is 0. The summed E-state index contributed by atoms with van der Waals surface area (Å²) in [6.45, 7) is 11.3. The molecule has 3 rings (SSSR count). The summed E-state index contributed by atoms with van der Waals surface area (Å²) in [7, 11) is 1.23. The number of carbonyl (C=O) groups excluding carboxylic acids is 4. The van der Waals surface area contributed by atoms with E-state index in [-0.39, 0.29) is 30.2 Å². The van der Waals surface area contributed by atoms with Crippen LogP contribution in [0.2, 0.25) is 0 Å². The van der Waals surface area contributed by atoms with Gasteiger partial charge in [0.05, 0.1) is 17.9 Å². The number of hydrogen-bond acceptors (Lipinski definition) is 8. The number of ether oxygens (including phenoxy) is 1. The van der Waals surface area contributed by atoms with E-state index in [0.29, 0.717) is 25.3 Å². The van der Waals surface area contributed by atoms with E-state index in [9.17, 15) is 19.2 Å². The highest BCUT2D eigenvalue weighted by Crippen LogP contribution is 2.31. The first-order valence-electron chi connectivity index (χ1n) is 13.2. The number of aromatic nitrogens is 2. The van der Waals surface area contributed by atoms with Gasteiger partial charge in [-0.05, 0) is 38.2 Å². The lowest BCUT2D eigenvalue weighted by atomic mass is 9.84. The van der Waals surface area contributed by atoms with Crippen LogP contribution in [0.15, 0.2) is 34.7 Å². The third-order valence-electron chi connectivity index (χ3n) is 7.20. The van der Waals surface area contributed by atoms with E-state index < -0.39 is 34.8 Å². The number of benzene rings is 1. The van der Waals surface area contributed by atoms with Crippen molar-refractivity contribution in [1.29, 1.82) is 0 Å². The predicted molar refractivity (Wildman–Crippen MR) is 143 cm³/mol. The van der Waals surface area contributed by atoms with Gasteiger partial charge >= 0.3 is 6.09 Å². The van der Waals surface area contributed by atoms with Crippen LogP contribution in [0.4, 0.5) is 4.79 Å². The van der Waals surface area contributed by atoms with Gasteiger partial charge in [-0.15, -0.1) is 10.2 Å². The average molecular weight is 542 g/mol. The minimum absolute atomic E-state index is 0.0109. The lowest BCUT2D eigenvalue weighted by molar-refractivity contribution is -0.140. The Morgan fingerprint density at radius 3 is 2.38 bits per heavy atom. The molecule has 212 valence electrons. The highest BCUT2D eigenvalue weighted by Gasteiger charge is 2.40. The zero-order valence-corrected chi connectivity index (χ0v) is 23.7. The fraction of sp³-hybridized carbons (Fsp3) is 0.571. The van der Waals surface area contributed by atoms with Crippen molar-refractivity contribution in [3.05, 3.63) is 47.7 Å². The van der Waals surface area contributed by atoms with Gasteiger partial charge in [0.1, 0.15) is 12.1 Å². The zero-order chi connectivity index (χ0) is 29.0. The molecule has 0 aliphatic carbocycles. The molecule has 39 heavy (non-hydrogen) atoms. The van der Waals surface area contributed by atoms with Gasteiger partial charge in [-0.3, -0.25) is 14.4 Å². The van der Waals surface area contributed by atoms with E-state index >= 15 is 0 Å². The molecule has 1 fully saturated rings. The van der Waals surface area contributed by atoms with E-state index in [4.69, 9.17) is 4.42 Å². The zero-order valence-electron chi connectivity index (χ0n) is 23.7. The summed E-state index contributed by atoms with van der Waals surface area (Å²) in [6.07, 6.45) is 0.423. The summed E-state index contributed by atoms with van der Waals surface area (Å²) in [5.74, 6) is -1.12. The summed E-state index contributed by atoms with van der Waals surface area (Å²) in [4.78, 5) is 52.9. The molecule has 3 amide bonds. The third kappa shape index (κ3) is 6.63. The van der Waals surface area contributed by atoms with Crippen LogP contribution in [0.1, 0.15) is 76.5 Å². The number of likely N-dealkylation sites (tertiary alicyclic amines) is 1. The number of hydrogen-bond donors (Lipinski definition) is 2. The Morgan fingerprint density at radius 2 is 1.77 bits per heavy atom. The number of ketones is 1. The molecule has 2 aromatic rings. The molecule has 1 saturated heterocycles. The summed E-state index contributed by atoms with van der Waals surface area (Å²) in [6, 6.07) is 8.14. The number of rotatable bonds is 10. The van der Waals surface area contributed by atoms with Crippen LogP contribution in [0.25, 0.3) is 0 Å². The second-order valence-electron chi connectivity index (χ2n) is 11.4. The maximum absolute atomic E-state index is 13.3. The van der Waals surface area contributed by atoms with Gasteiger partial charge in [-0.25, -0.2) is 4.79 Å². The fourth-order valence-electron chi connectivity index (χ4n) is 4.52. The fourth-order valence-corrected chi connectivity index (χ4v) is 4.52. The number of amides is 3. The van der Waals surface area contributed by atoms with Gasteiger partial charge in [-0.2, -0.15) is 0 Å². The van der Waals surface area contributed by atoms with Gasteiger partial charge < -0.3 is 24.7 Å². The molecule has 1 aromatic carbocycles. The molecule has 11 nitrogen and oxygen atoms in total. The predicted octanol–water partition coefficient (Wildman–Crippen LogP) is 3.09. The molecule has 11 heteroatoms. The number of alkyl carbamates (subject to hydrolysis) is 1. The average Bonchev–Trinajstić information content (AvgIpc) is 3.60. The van der Waals surface area contributed by atoms with Crippen LogP contribution in [0.5, 0.6) is 0 Å². The number of nitrogens with one attached hydrogen (secondary N) is 2. The normalized spacial score (nSPS) is 16.6. The van der Waals surface area contributed by atoms with Crippen molar-refractivity contribution in [2.75, 3.05) is 20.2 Å². The Kier molecular flexibility index (Phi) is 9.14. The summed E-state index contributed by atoms with van der Waals surface area (Å²) in [5.41, 5.74) is -0.673. The summed E-state index contributed by atoms with van der Waals surface area (Å²) < 4.78 is 10.5. The Balaban J connectivity index is 1.66. The molecule has 1 aliphatic rings. The van der Waals surface area contributed by atoms with Crippen LogP contribution >= 0.6 is 0 Å². The number of carbonyl (C=O) groups is 4. The Bertz CT molecular complexity index is 1190. The van der Waals surface area contributed by atoms with Crippen molar-refractivity contribution in [1.82, 2.24) is 25.7 Å². The molecule has 1 aromatic heterocycles.